The third kappa shape index (κ3) is 6.86. The number of rotatable bonds is 7. The maximum absolute atomic E-state index is 11.8. The van der Waals surface area contributed by atoms with E-state index in [4.69, 9.17) is 0 Å². The van der Waals surface area contributed by atoms with E-state index in [9.17, 15) is 9.59 Å². The zero-order chi connectivity index (χ0) is 14.8. The maximum Gasteiger partial charge on any atom is 0.305 e. The zero-order valence-electron chi connectivity index (χ0n) is 12.6. The number of likely N-dealkylation sites (N-methyl/N-ethyl adjacent to an activating group) is 1. The molecule has 1 saturated heterocycles. The quantitative estimate of drug-likeness (QED) is 0.514. The van der Waals surface area contributed by atoms with Crippen LogP contribution in [0.25, 0.3) is 0 Å². The van der Waals surface area contributed by atoms with Crippen molar-refractivity contribution in [3.05, 3.63) is 0 Å². The Morgan fingerprint density at radius 2 is 2.15 bits per heavy atom. The van der Waals surface area contributed by atoms with Crippen LogP contribution in [0.3, 0.4) is 0 Å². The van der Waals surface area contributed by atoms with Gasteiger partial charge in [-0.2, -0.15) is 0 Å². The lowest BCUT2D eigenvalue weighted by Crippen LogP contribution is -2.41. The molecule has 0 spiro atoms. The highest BCUT2D eigenvalue weighted by Gasteiger charge is 2.18. The molecule has 1 amide bonds. The molecular weight excluding hydrogens is 258 g/mol. The fraction of sp³-hybridized carbons (Fsp3) is 0.857. The molecule has 0 aromatic rings. The second-order valence-corrected chi connectivity index (χ2v) is 5.28. The van der Waals surface area contributed by atoms with Crippen molar-refractivity contribution in [2.24, 2.45) is 0 Å². The van der Waals surface area contributed by atoms with Gasteiger partial charge in [0.25, 0.3) is 0 Å². The lowest BCUT2D eigenvalue weighted by molar-refractivity contribution is -0.140. The van der Waals surface area contributed by atoms with Crippen LogP contribution in [0.2, 0.25) is 0 Å². The summed E-state index contributed by atoms with van der Waals surface area (Å²) in [5.74, 6) is -0.211. The summed E-state index contributed by atoms with van der Waals surface area (Å²) in [5, 5.41) is 6.22. The van der Waals surface area contributed by atoms with Crippen LogP contribution in [0.15, 0.2) is 0 Å². The molecule has 1 unspecified atom stereocenters. The Hall–Kier alpha value is -1.14. The third-order valence-electron chi connectivity index (χ3n) is 3.67. The Morgan fingerprint density at radius 3 is 2.90 bits per heavy atom. The highest BCUT2D eigenvalue weighted by atomic mass is 16.5. The van der Waals surface area contributed by atoms with E-state index in [2.05, 4.69) is 20.3 Å². The summed E-state index contributed by atoms with van der Waals surface area (Å²) in [6, 6.07) is 0.478. The Kier molecular flexibility index (Phi) is 8.22. The summed E-state index contributed by atoms with van der Waals surface area (Å²) < 4.78 is 4.55. The molecule has 1 fully saturated rings. The van der Waals surface area contributed by atoms with Gasteiger partial charge in [-0.25, -0.2) is 0 Å². The zero-order valence-corrected chi connectivity index (χ0v) is 12.6. The second kappa shape index (κ2) is 9.72. The number of carbonyl (C=O) groups is 2. The number of nitrogens with one attached hydrogen (secondary N) is 2. The summed E-state index contributed by atoms with van der Waals surface area (Å²) >= 11 is 0. The molecule has 0 bridgehead atoms. The lowest BCUT2D eigenvalue weighted by atomic mass is 10.1. The average molecular weight is 285 g/mol. The molecule has 1 aliphatic heterocycles. The van der Waals surface area contributed by atoms with Crippen molar-refractivity contribution in [2.75, 3.05) is 40.3 Å². The van der Waals surface area contributed by atoms with Gasteiger partial charge in [-0.15, -0.1) is 0 Å². The van der Waals surface area contributed by atoms with Crippen LogP contribution in [-0.2, 0) is 14.3 Å². The normalized spacial score (nSPS) is 19.4. The fourth-order valence-electron chi connectivity index (χ4n) is 2.42. The first-order chi connectivity index (χ1) is 9.63. The number of carbonyl (C=O) groups excluding carboxylic acids is 2. The van der Waals surface area contributed by atoms with Gasteiger partial charge in [0.05, 0.1) is 13.7 Å². The van der Waals surface area contributed by atoms with Crippen LogP contribution >= 0.6 is 0 Å². The number of nitrogens with zero attached hydrogens (tertiary/aromatic N) is 1. The number of hydrogen-bond acceptors (Lipinski definition) is 5. The molecule has 6 heteroatoms. The van der Waals surface area contributed by atoms with Crippen LogP contribution in [0.1, 0.15) is 32.1 Å². The Balaban J connectivity index is 2.15. The topological polar surface area (TPSA) is 70.7 Å². The molecule has 1 atom stereocenters. The molecule has 116 valence electrons. The highest BCUT2D eigenvalue weighted by molar-refractivity contribution is 5.78. The van der Waals surface area contributed by atoms with Crippen molar-refractivity contribution in [1.29, 1.82) is 0 Å². The molecule has 0 aromatic heterocycles. The summed E-state index contributed by atoms with van der Waals surface area (Å²) in [4.78, 5) is 24.9. The Labute approximate surface area is 121 Å². The van der Waals surface area contributed by atoms with Gasteiger partial charge in [0.15, 0.2) is 0 Å². The van der Waals surface area contributed by atoms with Gasteiger partial charge in [-0.1, -0.05) is 0 Å². The van der Waals surface area contributed by atoms with Crippen molar-refractivity contribution < 1.29 is 14.3 Å². The minimum Gasteiger partial charge on any atom is -0.469 e. The van der Waals surface area contributed by atoms with Gasteiger partial charge in [-0.05, 0) is 45.8 Å². The van der Waals surface area contributed by atoms with Gasteiger partial charge in [0, 0.05) is 19.0 Å². The summed E-state index contributed by atoms with van der Waals surface area (Å²) in [6.45, 7) is 3.04. The first kappa shape index (κ1) is 16.9. The number of amides is 1. The predicted octanol–water partition coefficient (Wildman–Crippen LogP) is 0.130. The Morgan fingerprint density at radius 1 is 1.35 bits per heavy atom. The first-order valence-electron chi connectivity index (χ1n) is 7.38. The number of methoxy groups -OCH3 is 1. The SMILES string of the molecule is COC(=O)CCCNC(=O)CN(C)C1CCCNCC1. The monoisotopic (exact) mass is 285 g/mol. The van der Waals surface area contributed by atoms with E-state index in [1.54, 1.807) is 0 Å². The molecule has 0 radical (unpaired) electrons. The number of ether oxygens (including phenoxy) is 1. The van der Waals surface area contributed by atoms with E-state index in [0.717, 1.165) is 32.4 Å². The molecule has 0 aromatic carbocycles. The minimum atomic E-state index is -0.234. The molecule has 2 N–H and O–H groups in total. The van der Waals surface area contributed by atoms with E-state index >= 15 is 0 Å². The van der Waals surface area contributed by atoms with E-state index in [1.165, 1.54) is 7.11 Å². The molecule has 1 rings (SSSR count). The largest absolute Gasteiger partial charge is 0.469 e. The van der Waals surface area contributed by atoms with Crippen molar-refractivity contribution in [3.8, 4) is 0 Å². The van der Waals surface area contributed by atoms with Crippen molar-refractivity contribution in [3.63, 3.8) is 0 Å². The summed E-state index contributed by atoms with van der Waals surface area (Å²) in [7, 11) is 3.38. The van der Waals surface area contributed by atoms with Crippen LogP contribution in [0.5, 0.6) is 0 Å². The van der Waals surface area contributed by atoms with Crippen molar-refractivity contribution in [1.82, 2.24) is 15.5 Å². The van der Waals surface area contributed by atoms with Crippen molar-refractivity contribution in [2.45, 2.75) is 38.1 Å². The van der Waals surface area contributed by atoms with Crippen LogP contribution in [0, 0.1) is 0 Å². The van der Waals surface area contributed by atoms with Crippen LogP contribution < -0.4 is 10.6 Å². The molecule has 20 heavy (non-hydrogen) atoms. The second-order valence-electron chi connectivity index (χ2n) is 5.28. The lowest BCUT2D eigenvalue weighted by Gasteiger charge is -2.26. The maximum atomic E-state index is 11.8. The third-order valence-corrected chi connectivity index (χ3v) is 3.67. The van der Waals surface area contributed by atoms with E-state index in [0.29, 0.717) is 32.0 Å². The Bertz CT molecular complexity index is 302. The molecule has 0 aliphatic carbocycles. The van der Waals surface area contributed by atoms with Gasteiger partial charge in [0.1, 0.15) is 0 Å². The smallest absolute Gasteiger partial charge is 0.305 e. The highest BCUT2D eigenvalue weighted by Crippen LogP contribution is 2.11. The van der Waals surface area contributed by atoms with Crippen LogP contribution in [-0.4, -0.2) is 63.2 Å². The molecule has 6 nitrogen and oxygen atoms in total. The molecule has 1 aliphatic rings. The fourth-order valence-corrected chi connectivity index (χ4v) is 2.42. The minimum absolute atomic E-state index is 0.0228. The van der Waals surface area contributed by atoms with E-state index < -0.39 is 0 Å². The number of hydrogen-bond donors (Lipinski definition) is 2. The number of esters is 1. The van der Waals surface area contributed by atoms with Gasteiger partial charge >= 0.3 is 5.97 Å². The van der Waals surface area contributed by atoms with Crippen molar-refractivity contribution >= 4 is 11.9 Å². The van der Waals surface area contributed by atoms with Crippen LogP contribution in [0.4, 0.5) is 0 Å². The molecular formula is C14H27N3O3. The molecule has 0 saturated carbocycles. The summed E-state index contributed by atoms with van der Waals surface area (Å²) in [6.07, 6.45) is 4.36. The van der Waals surface area contributed by atoms with Gasteiger partial charge < -0.3 is 15.4 Å². The molecule has 1 heterocycles. The standard InChI is InChI=1S/C14H27N3O3/c1-17(12-5-3-8-15-10-7-12)11-13(18)16-9-4-6-14(19)20-2/h12,15H,3-11H2,1-2H3,(H,16,18). The first-order valence-corrected chi connectivity index (χ1v) is 7.38. The van der Waals surface area contributed by atoms with Gasteiger partial charge in [0.2, 0.25) is 5.91 Å². The van der Waals surface area contributed by atoms with Gasteiger partial charge in [-0.3, -0.25) is 14.5 Å². The summed E-state index contributed by atoms with van der Waals surface area (Å²) in [5.41, 5.74) is 0. The predicted molar refractivity (Wildman–Crippen MR) is 77.4 cm³/mol. The van der Waals surface area contributed by atoms with E-state index in [-0.39, 0.29) is 11.9 Å². The average Bonchev–Trinajstić information content (AvgIpc) is 2.72. The van der Waals surface area contributed by atoms with E-state index in [1.807, 2.05) is 7.05 Å².